The molecule has 0 aromatic heterocycles. The first-order chi connectivity index (χ1) is 6.80. The molecule has 0 heterocycles. The van der Waals surface area contributed by atoms with Crippen LogP contribution in [0, 0.1) is 0 Å². The summed E-state index contributed by atoms with van der Waals surface area (Å²) in [6.45, 7) is 15.7. The number of ether oxygens (including phenoxy) is 1. The molecule has 0 aliphatic rings. The molecule has 0 radical (unpaired) electrons. The van der Waals surface area contributed by atoms with Crippen LogP contribution in [0.4, 0.5) is 4.79 Å². The minimum Gasteiger partial charge on any atom is -0.416 e. The Morgan fingerprint density at radius 2 is 1.73 bits per heavy atom. The van der Waals surface area contributed by atoms with Gasteiger partial charge in [-0.2, -0.15) is 0 Å². The first kappa shape index (κ1) is 14.2. The van der Waals surface area contributed by atoms with E-state index < -0.39 is 8.07 Å². The summed E-state index contributed by atoms with van der Waals surface area (Å²) < 4.78 is 5.20. The van der Waals surface area contributed by atoms with Crippen LogP contribution in [0.1, 0.15) is 13.8 Å². The Kier molecular flexibility index (Phi) is 5.65. The van der Waals surface area contributed by atoms with Gasteiger partial charge in [0.15, 0.2) is 0 Å². The first-order valence-corrected chi connectivity index (χ1v) is 9.15. The molecule has 15 heavy (non-hydrogen) atoms. The number of amides is 1. The maximum Gasteiger partial charge on any atom is 0.414 e. The fraction of sp³-hybridized carbons (Fsp3) is 0.727. The predicted octanol–water partition coefficient (Wildman–Crippen LogP) is 3.32. The topological polar surface area (TPSA) is 29.5 Å². The summed E-state index contributed by atoms with van der Waals surface area (Å²) in [6.07, 6.45) is -0.275. The molecule has 3 nitrogen and oxygen atoms in total. The van der Waals surface area contributed by atoms with E-state index in [9.17, 15) is 4.79 Å². The van der Waals surface area contributed by atoms with Crippen LogP contribution in [-0.4, -0.2) is 32.2 Å². The fourth-order valence-corrected chi connectivity index (χ4v) is 2.55. The zero-order chi connectivity index (χ0) is 12.1. The number of allylic oxidation sites excluding steroid dienone is 1. The van der Waals surface area contributed by atoms with E-state index in [0.29, 0.717) is 18.8 Å². The Morgan fingerprint density at radius 3 is 2.07 bits per heavy atom. The van der Waals surface area contributed by atoms with Crippen molar-refractivity contribution in [3.05, 3.63) is 12.3 Å². The van der Waals surface area contributed by atoms with Gasteiger partial charge in [0, 0.05) is 13.1 Å². The minimum absolute atomic E-state index is 0.275. The molecule has 0 spiro atoms. The van der Waals surface area contributed by atoms with E-state index in [1.54, 1.807) is 4.90 Å². The quantitative estimate of drug-likeness (QED) is 0.534. The second-order valence-electron chi connectivity index (χ2n) is 4.82. The highest BCUT2D eigenvalue weighted by molar-refractivity contribution is 6.76. The molecule has 0 aromatic rings. The monoisotopic (exact) mass is 229 g/mol. The number of carbonyl (C=O) groups excluding carboxylic acids is 1. The van der Waals surface area contributed by atoms with Gasteiger partial charge in [0.2, 0.25) is 0 Å². The van der Waals surface area contributed by atoms with Gasteiger partial charge < -0.3 is 9.64 Å². The van der Waals surface area contributed by atoms with Crippen LogP contribution < -0.4 is 0 Å². The fourth-order valence-electron chi connectivity index (χ4n) is 1.30. The lowest BCUT2D eigenvalue weighted by Crippen LogP contribution is -2.31. The molecule has 88 valence electrons. The summed E-state index contributed by atoms with van der Waals surface area (Å²) in [7, 11) is -1.24. The van der Waals surface area contributed by atoms with Crippen molar-refractivity contribution in [2.45, 2.75) is 39.5 Å². The SMILES string of the molecule is C=C(C[Si](C)(C)C)OC(=O)N(CC)CC. The second kappa shape index (κ2) is 5.95. The molecule has 0 unspecified atom stereocenters. The normalized spacial score (nSPS) is 11.0. The van der Waals surface area contributed by atoms with Crippen molar-refractivity contribution in [3.8, 4) is 0 Å². The van der Waals surface area contributed by atoms with E-state index in [-0.39, 0.29) is 6.09 Å². The average molecular weight is 229 g/mol. The molecule has 4 heteroatoms. The van der Waals surface area contributed by atoms with E-state index in [1.807, 2.05) is 13.8 Å². The van der Waals surface area contributed by atoms with Crippen LogP contribution in [-0.2, 0) is 4.74 Å². The molecular formula is C11H23NO2Si. The van der Waals surface area contributed by atoms with Crippen LogP contribution in [0.25, 0.3) is 0 Å². The Balaban J connectivity index is 4.13. The number of hydrogen-bond acceptors (Lipinski definition) is 2. The van der Waals surface area contributed by atoms with Crippen molar-refractivity contribution in [3.63, 3.8) is 0 Å². The molecule has 1 amide bonds. The van der Waals surface area contributed by atoms with E-state index in [0.717, 1.165) is 6.04 Å². The zero-order valence-electron chi connectivity index (χ0n) is 10.6. The van der Waals surface area contributed by atoms with Crippen molar-refractivity contribution in [2.75, 3.05) is 13.1 Å². The van der Waals surface area contributed by atoms with E-state index in [1.165, 1.54) is 0 Å². The smallest absolute Gasteiger partial charge is 0.414 e. The van der Waals surface area contributed by atoms with Gasteiger partial charge in [-0.15, -0.1) is 0 Å². The molecule has 0 aliphatic carbocycles. The number of rotatable bonds is 5. The molecule has 0 aromatic carbocycles. The molecule has 0 atom stereocenters. The number of carbonyl (C=O) groups is 1. The van der Waals surface area contributed by atoms with Gasteiger partial charge in [0.1, 0.15) is 0 Å². The summed E-state index contributed by atoms with van der Waals surface area (Å²) in [5.74, 6) is 0.603. The molecule has 0 aliphatic heterocycles. The zero-order valence-corrected chi connectivity index (χ0v) is 11.6. The Morgan fingerprint density at radius 1 is 1.27 bits per heavy atom. The third-order valence-electron chi connectivity index (χ3n) is 1.98. The summed E-state index contributed by atoms with van der Waals surface area (Å²) in [5, 5.41) is 0. The molecular weight excluding hydrogens is 206 g/mol. The summed E-state index contributed by atoms with van der Waals surface area (Å²) in [4.78, 5) is 13.2. The molecule has 0 rings (SSSR count). The molecule has 0 saturated heterocycles. The average Bonchev–Trinajstić information content (AvgIpc) is 2.02. The van der Waals surface area contributed by atoms with E-state index in [4.69, 9.17) is 4.74 Å². The lowest BCUT2D eigenvalue weighted by atomic mass is 10.5. The maximum atomic E-state index is 11.6. The van der Waals surface area contributed by atoms with Crippen LogP contribution >= 0.6 is 0 Å². The third kappa shape index (κ3) is 6.33. The van der Waals surface area contributed by atoms with Gasteiger partial charge in [0.05, 0.1) is 13.8 Å². The van der Waals surface area contributed by atoms with Gasteiger partial charge in [-0.3, -0.25) is 0 Å². The number of nitrogens with zero attached hydrogens (tertiary/aromatic N) is 1. The van der Waals surface area contributed by atoms with Crippen molar-refractivity contribution in [2.24, 2.45) is 0 Å². The predicted molar refractivity (Wildman–Crippen MR) is 66.7 cm³/mol. The van der Waals surface area contributed by atoms with Gasteiger partial charge in [-0.05, 0) is 19.9 Å². The Labute approximate surface area is 94.1 Å². The van der Waals surface area contributed by atoms with Crippen LogP contribution in [0.5, 0.6) is 0 Å². The third-order valence-corrected chi connectivity index (χ3v) is 3.44. The highest BCUT2D eigenvalue weighted by atomic mass is 28.3. The van der Waals surface area contributed by atoms with Crippen molar-refractivity contribution in [1.29, 1.82) is 0 Å². The highest BCUT2D eigenvalue weighted by Gasteiger charge is 2.19. The highest BCUT2D eigenvalue weighted by Crippen LogP contribution is 2.16. The Bertz CT molecular complexity index is 229. The summed E-state index contributed by atoms with van der Waals surface area (Å²) >= 11 is 0. The molecule has 0 fully saturated rings. The van der Waals surface area contributed by atoms with Crippen molar-refractivity contribution in [1.82, 2.24) is 4.90 Å². The van der Waals surface area contributed by atoms with Crippen LogP contribution in [0.15, 0.2) is 12.3 Å². The van der Waals surface area contributed by atoms with E-state index in [2.05, 4.69) is 26.2 Å². The van der Waals surface area contributed by atoms with Crippen LogP contribution in [0.3, 0.4) is 0 Å². The first-order valence-electron chi connectivity index (χ1n) is 5.44. The Hall–Kier alpha value is -0.773. The minimum atomic E-state index is -1.24. The van der Waals surface area contributed by atoms with Crippen molar-refractivity contribution < 1.29 is 9.53 Å². The summed E-state index contributed by atoms with van der Waals surface area (Å²) in [5.41, 5.74) is 0. The summed E-state index contributed by atoms with van der Waals surface area (Å²) in [6, 6.07) is 0.833. The van der Waals surface area contributed by atoms with Gasteiger partial charge in [-0.1, -0.05) is 26.2 Å². The standard InChI is InChI=1S/C11H23NO2Si/c1-7-12(8-2)11(13)14-10(3)9-15(4,5)6/h3,7-9H2,1-2,4-6H3. The second-order valence-corrected chi connectivity index (χ2v) is 10.3. The molecule has 0 N–H and O–H groups in total. The van der Waals surface area contributed by atoms with E-state index >= 15 is 0 Å². The van der Waals surface area contributed by atoms with Crippen LogP contribution in [0.2, 0.25) is 25.7 Å². The van der Waals surface area contributed by atoms with Gasteiger partial charge in [-0.25, -0.2) is 4.79 Å². The van der Waals surface area contributed by atoms with Crippen molar-refractivity contribution >= 4 is 14.2 Å². The van der Waals surface area contributed by atoms with Gasteiger partial charge in [0.25, 0.3) is 0 Å². The molecule has 0 saturated carbocycles. The molecule has 0 bridgehead atoms. The lowest BCUT2D eigenvalue weighted by molar-refractivity contribution is 0.133. The lowest BCUT2D eigenvalue weighted by Gasteiger charge is -2.21. The van der Waals surface area contributed by atoms with Gasteiger partial charge >= 0.3 is 6.09 Å². The largest absolute Gasteiger partial charge is 0.416 e. The number of hydrogen-bond donors (Lipinski definition) is 0. The maximum absolute atomic E-state index is 11.6.